The Balaban J connectivity index is 1.64. The van der Waals surface area contributed by atoms with Crippen LogP contribution in [0.2, 0.25) is 0 Å². The Hall–Kier alpha value is -2.19. The van der Waals surface area contributed by atoms with Crippen LogP contribution in [-0.4, -0.2) is 32.2 Å². The monoisotopic (exact) mass is 415 g/mol. The van der Waals surface area contributed by atoms with E-state index in [9.17, 15) is 4.79 Å². The minimum Gasteiger partial charge on any atom is -0.351 e. The highest BCUT2D eigenvalue weighted by Gasteiger charge is 2.15. The first-order valence-corrected chi connectivity index (χ1v) is 11.3. The van der Waals surface area contributed by atoms with Crippen LogP contribution in [0.4, 0.5) is 0 Å². The minimum absolute atomic E-state index is 0.0949. The normalized spacial score (nSPS) is 11.0. The van der Waals surface area contributed by atoms with Crippen LogP contribution in [0.1, 0.15) is 53.1 Å². The largest absolute Gasteiger partial charge is 0.351 e. The van der Waals surface area contributed by atoms with Gasteiger partial charge in [0.25, 0.3) is 5.91 Å². The molecule has 28 heavy (non-hydrogen) atoms. The number of carbonyl (C=O) groups is 1. The molecule has 0 saturated heterocycles. The van der Waals surface area contributed by atoms with E-state index >= 15 is 0 Å². The van der Waals surface area contributed by atoms with Crippen molar-refractivity contribution in [3.63, 3.8) is 0 Å². The Morgan fingerprint density at radius 3 is 2.82 bits per heavy atom. The standard InChI is InChI=1S/C20H25N5OS2/c1-4-5-8-11-21-19(26)16-12-27-18(22-16)13-28-20-24-23-15(3)25(20)17-10-7-6-9-14(17)2/h6-7,9-10,12H,4-5,8,11,13H2,1-3H3,(H,21,26). The second kappa shape index (κ2) is 9.84. The maximum atomic E-state index is 12.2. The zero-order chi connectivity index (χ0) is 19.9. The maximum absolute atomic E-state index is 12.2. The van der Waals surface area contributed by atoms with E-state index < -0.39 is 0 Å². The molecule has 1 amide bonds. The summed E-state index contributed by atoms with van der Waals surface area (Å²) < 4.78 is 2.06. The fourth-order valence-electron chi connectivity index (χ4n) is 2.80. The van der Waals surface area contributed by atoms with Crippen LogP contribution in [0, 0.1) is 13.8 Å². The van der Waals surface area contributed by atoms with E-state index in [-0.39, 0.29) is 5.91 Å². The first kappa shape index (κ1) is 20.5. The Morgan fingerprint density at radius 2 is 2.04 bits per heavy atom. The smallest absolute Gasteiger partial charge is 0.270 e. The topological polar surface area (TPSA) is 72.7 Å². The molecule has 2 heterocycles. The number of hydrogen-bond acceptors (Lipinski definition) is 6. The molecule has 0 atom stereocenters. The second-order valence-corrected chi connectivity index (χ2v) is 8.42. The Kier molecular flexibility index (Phi) is 7.22. The molecule has 0 spiro atoms. The van der Waals surface area contributed by atoms with Crippen molar-refractivity contribution in [1.82, 2.24) is 25.1 Å². The molecular weight excluding hydrogens is 390 g/mol. The van der Waals surface area contributed by atoms with E-state index in [0.29, 0.717) is 18.0 Å². The summed E-state index contributed by atoms with van der Waals surface area (Å²) in [7, 11) is 0. The Bertz CT molecular complexity index is 934. The van der Waals surface area contributed by atoms with E-state index in [1.54, 1.807) is 11.8 Å². The average Bonchev–Trinajstić information content (AvgIpc) is 3.31. The number of thioether (sulfide) groups is 1. The van der Waals surface area contributed by atoms with Crippen molar-refractivity contribution < 1.29 is 4.79 Å². The van der Waals surface area contributed by atoms with Gasteiger partial charge in [0.1, 0.15) is 16.5 Å². The highest BCUT2D eigenvalue weighted by Crippen LogP contribution is 2.27. The van der Waals surface area contributed by atoms with Gasteiger partial charge >= 0.3 is 0 Å². The summed E-state index contributed by atoms with van der Waals surface area (Å²) in [5.74, 6) is 1.41. The molecule has 0 fully saturated rings. The summed E-state index contributed by atoms with van der Waals surface area (Å²) in [5.41, 5.74) is 2.75. The molecule has 0 aliphatic rings. The first-order chi connectivity index (χ1) is 13.6. The lowest BCUT2D eigenvalue weighted by Gasteiger charge is -2.10. The first-order valence-electron chi connectivity index (χ1n) is 9.43. The highest BCUT2D eigenvalue weighted by molar-refractivity contribution is 7.98. The molecule has 0 aliphatic heterocycles. The molecule has 0 unspecified atom stereocenters. The second-order valence-electron chi connectivity index (χ2n) is 6.53. The zero-order valence-electron chi connectivity index (χ0n) is 16.4. The number of carbonyl (C=O) groups excluding carboxylic acids is 1. The van der Waals surface area contributed by atoms with Gasteiger partial charge in [-0.2, -0.15) is 0 Å². The number of thiazole rings is 1. The molecule has 148 valence electrons. The molecule has 1 N–H and O–H groups in total. The number of hydrogen-bond donors (Lipinski definition) is 1. The minimum atomic E-state index is -0.0949. The summed E-state index contributed by atoms with van der Waals surface area (Å²) in [6, 6.07) is 8.19. The summed E-state index contributed by atoms with van der Waals surface area (Å²) in [5, 5.41) is 15.0. The van der Waals surface area contributed by atoms with Crippen LogP contribution in [-0.2, 0) is 5.75 Å². The molecule has 0 aliphatic carbocycles. The lowest BCUT2D eigenvalue weighted by Crippen LogP contribution is -2.24. The average molecular weight is 416 g/mol. The van der Waals surface area contributed by atoms with Crippen molar-refractivity contribution in [3.05, 3.63) is 51.7 Å². The molecular formula is C20H25N5OS2. The van der Waals surface area contributed by atoms with E-state index in [1.807, 2.05) is 24.4 Å². The number of nitrogens with zero attached hydrogens (tertiary/aromatic N) is 4. The summed E-state index contributed by atoms with van der Waals surface area (Å²) in [6.07, 6.45) is 3.27. The van der Waals surface area contributed by atoms with E-state index in [0.717, 1.165) is 40.9 Å². The number of aromatic nitrogens is 4. The quantitative estimate of drug-likeness (QED) is 0.410. The number of benzene rings is 1. The Morgan fingerprint density at radius 1 is 1.21 bits per heavy atom. The van der Waals surface area contributed by atoms with Crippen molar-refractivity contribution in [2.24, 2.45) is 0 Å². The van der Waals surface area contributed by atoms with Gasteiger partial charge in [0, 0.05) is 11.9 Å². The summed E-state index contributed by atoms with van der Waals surface area (Å²) in [4.78, 5) is 16.7. The molecule has 1 aromatic carbocycles. The molecule has 0 saturated carbocycles. The van der Waals surface area contributed by atoms with Gasteiger partial charge in [0.05, 0.1) is 11.4 Å². The fourth-order valence-corrected chi connectivity index (χ4v) is 4.59. The molecule has 3 aromatic rings. The van der Waals surface area contributed by atoms with E-state index in [1.165, 1.54) is 16.9 Å². The zero-order valence-corrected chi connectivity index (χ0v) is 18.1. The number of unbranched alkanes of at least 4 members (excludes halogenated alkanes) is 2. The van der Waals surface area contributed by atoms with E-state index in [4.69, 9.17) is 0 Å². The van der Waals surface area contributed by atoms with Crippen LogP contribution in [0.15, 0.2) is 34.8 Å². The van der Waals surface area contributed by atoms with Crippen molar-refractivity contribution in [2.45, 2.75) is 50.9 Å². The maximum Gasteiger partial charge on any atom is 0.270 e. The van der Waals surface area contributed by atoms with Gasteiger partial charge in [-0.15, -0.1) is 21.5 Å². The third kappa shape index (κ3) is 4.99. The van der Waals surface area contributed by atoms with Crippen molar-refractivity contribution >= 4 is 29.0 Å². The van der Waals surface area contributed by atoms with Gasteiger partial charge in [0.2, 0.25) is 0 Å². The van der Waals surface area contributed by atoms with E-state index in [2.05, 4.69) is 51.0 Å². The molecule has 6 nitrogen and oxygen atoms in total. The van der Waals surface area contributed by atoms with Crippen LogP contribution in [0.3, 0.4) is 0 Å². The third-order valence-corrected chi connectivity index (χ3v) is 6.30. The van der Waals surface area contributed by atoms with Crippen molar-refractivity contribution in [3.8, 4) is 5.69 Å². The molecule has 8 heteroatoms. The predicted molar refractivity (Wildman–Crippen MR) is 114 cm³/mol. The molecule has 0 bridgehead atoms. The molecule has 0 radical (unpaired) electrons. The number of para-hydroxylation sites is 1. The number of amides is 1. The van der Waals surface area contributed by atoms with Gasteiger partial charge < -0.3 is 5.32 Å². The molecule has 2 aromatic heterocycles. The lowest BCUT2D eigenvalue weighted by molar-refractivity contribution is 0.0948. The van der Waals surface area contributed by atoms with Gasteiger partial charge in [-0.1, -0.05) is 49.7 Å². The van der Waals surface area contributed by atoms with Gasteiger partial charge in [0.15, 0.2) is 5.16 Å². The lowest BCUT2D eigenvalue weighted by atomic mass is 10.2. The summed E-state index contributed by atoms with van der Waals surface area (Å²) in [6.45, 7) is 6.88. The van der Waals surface area contributed by atoms with Crippen LogP contribution in [0.5, 0.6) is 0 Å². The number of nitrogens with one attached hydrogen (secondary N) is 1. The third-order valence-electron chi connectivity index (χ3n) is 4.33. The van der Waals surface area contributed by atoms with Gasteiger partial charge in [-0.3, -0.25) is 9.36 Å². The molecule has 3 rings (SSSR count). The predicted octanol–water partition coefficient (Wildman–Crippen LogP) is 4.55. The van der Waals surface area contributed by atoms with Crippen LogP contribution in [0.25, 0.3) is 5.69 Å². The summed E-state index contributed by atoms with van der Waals surface area (Å²) >= 11 is 3.08. The van der Waals surface area contributed by atoms with Crippen molar-refractivity contribution in [2.75, 3.05) is 6.54 Å². The number of aryl methyl sites for hydroxylation is 2. The van der Waals surface area contributed by atoms with Crippen LogP contribution < -0.4 is 5.32 Å². The van der Waals surface area contributed by atoms with Gasteiger partial charge in [-0.25, -0.2) is 4.98 Å². The number of rotatable bonds is 9. The highest BCUT2D eigenvalue weighted by atomic mass is 32.2. The van der Waals surface area contributed by atoms with Crippen LogP contribution >= 0.6 is 23.1 Å². The fraction of sp³-hybridized carbons (Fsp3) is 0.400. The van der Waals surface area contributed by atoms with Gasteiger partial charge in [-0.05, 0) is 31.9 Å². The van der Waals surface area contributed by atoms with Crippen molar-refractivity contribution in [1.29, 1.82) is 0 Å². The Labute approximate surface area is 173 Å². The SMILES string of the molecule is CCCCCNC(=O)c1csc(CSc2nnc(C)n2-c2ccccc2C)n1.